The third-order valence-electron chi connectivity index (χ3n) is 3.10. The minimum Gasteiger partial charge on any atom is -0.484 e. The highest BCUT2D eigenvalue weighted by atomic mass is 32.1. The van der Waals surface area contributed by atoms with E-state index in [4.69, 9.17) is 17.0 Å². The molecule has 6 nitrogen and oxygen atoms in total. The molecule has 0 atom stereocenters. The molecule has 0 saturated carbocycles. The molecule has 2 rings (SSSR count). The monoisotopic (exact) mass is 374 g/mol. The molecule has 136 valence electrons. The molecule has 0 bridgehead atoms. The summed E-state index contributed by atoms with van der Waals surface area (Å²) in [6.45, 7) is 2.52. The Hall–Kier alpha value is -3.00. The molecule has 0 aliphatic rings. The number of amides is 1. The number of benzene rings is 2. The molecule has 1 amide bonds. The summed E-state index contributed by atoms with van der Waals surface area (Å²) in [5.74, 6) is -0.141. The number of halogens is 1. The molecule has 26 heavy (non-hydrogen) atoms. The third-order valence-corrected chi connectivity index (χ3v) is 3.33. The Morgan fingerprint density at radius 1 is 1.19 bits per heavy atom. The van der Waals surface area contributed by atoms with Crippen molar-refractivity contribution in [2.24, 2.45) is 5.10 Å². The van der Waals surface area contributed by atoms with Crippen LogP contribution in [0.4, 0.5) is 10.1 Å². The number of carbonyl (C=O) groups excluding carboxylic acids is 1. The normalized spacial score (nSPS) is 10.4. The number of thiocarbonyl (C=S) groups is 1. The number of anilines is 1. The minimum atomic E-state index is -0.360. The number of carbonyl (C=O) groups is 1. The van der Waals surface area contributed by atoms with Crippen molar-refractivity contribution in [3.8, 4) is 5.75 Å². The highest BCUT2D eigenvalue weighted by Gasteiger charge is 2.04. The van der Waals surface area contributed by atoms with Crippen molar-refractivity contribution < 1.29 is 13.9 Å². The average molecular weight is 374 g/mol. The molecule has 0 saturated heterocycles. The molecule has 0 radical (unpaired) electrons. The second kappa shape index (κ2) is 10.1. The third kappa shape index (κ3) is 6.86. The van der Waals surface area contributed by atoms with E-state index in [0.717, 1.165) is 12.1 Å². The Kier molecular flexibility index (Phi) is 7.50. The number of nitrogens with one attached hydrogen (secondary N) is 3. The zero-order chi connectivity index (χ0) is 18.8. The minimum absolute atomic E-state index is 0.149. The number of ether oxygens (including phenoxy) is 1. The Bertz CT molecular complexity index is 764. The van der Waals surface area contributed by atoms with Gasteiger partial charge in [0.1, 0.15) is 11.6 Å². The van der Waals surface area contributed by atoms with E-state index in [2.05, 4.69) is 21.2 Å². The first kappa shape index (κ1) is 19.3. The number of hydrogen-bond donors (Lipinski definition) is 3. The maximum Gasteiger partial charge on any atom is 0.262 e. The molecular weight excluding hydrogens is 355 g/mol. The maximum absolute atomic E-state index is 12.8. The summed E-state index contributed by atoms with van der Waals surface area (Å²) < 4.78 is 18.2. The van der Waals surface area contributed by atoms with Gasteiger partial charge in [0.25, 0.3) is 5.91 Å². The highest BCUT2D eigenvalue weighted by molar-refractivity contribution is 7.80. The van der Waals surface area contributed by atoms with Crippen molar-refractivity contribution in [1.82, 2.24) is 10.7 Å². The van der Waals surface area contributed by atoms with Crippen LogP contribution in [0.2, 0.25) is 0 Å². The van der Waals surface area contributed by atoms with Gasteiger partial charge in [-0.2, -0.15) is 5.10 Å². The summed E-state index contributed by atoms with van der Waals surface area (Å²) in [4.78, 5) is 11.8. The summed E-state index contributed by atoms with van der Waals surface area (Å²) in [5.41, 5.74) is 4.05. The summed E-state index contributed by atoms with van der Waals surface area (Å²) in [6, 6.07) is 12.6. The molecule has 2 aromatic carbocycles. The SMILES string of the molecule is CCNC(=S)NN=Cc1ccc(OCC(=O)Nc2ccc(F)cc2)cc1. The molecule has 0 aliphatic heterocycles. The highest BCUT2D eigenvalue weighted by Crippen LogP contribution is 2.12. The second-order valence-electron chi connectivity index (χ2n) is 5.14. The summed E-state index contributed by atoms with van der Waals surface area (Å²) in [7, 11) is 0. The molecule has 0 unspecified atom stereocenters. The van der Waals surface area contributed by atoms with Crippen LogP contribution >= 0.6 is 12.2 Å². The second-order valence-corrected chi connectivity index (χ2v) is 5.55. The first-order chi connectivity index (χ1) is 12.6. The van der Waals surface area contributed by atoms with E-state index in [1.165, 1.54) is 24.3 Å². The van der Waals surface area contributed by atoms with E-state index >= 15 is 0 Å². The van der Waals surface area contributed by atoms with Gasteiger partial charge in [-0.3, -0.25) is 10.2 Å². The fourth-order valence-electron chi connectivity index (χ4n) is 1.89. The van der Waals surface area contributed by atoms with Crippen LogP contribution in [0.3, 0.4) is 0 Å². The lowest BCUT2D eigenvalue weighted by Gasteiger charge is -2.08. The number of nitrogens with zero attached hydrogens (tertiary/aromatic N) is 1. The van der Waals surface area contributed by atoms with Crippen LogP contribution in [0.25, 0.3) is 0 Å². The van der Waals surface area contributed by atoms with Gasteiger partial charge in [0.2, 0.25) is 0 Å². The van der Waals surface area contributed by atoms with Crippen LogP contribution in [0.15, 0.2) is 53.6 Å². The van der Waals surface area contributed by atoms with Gasteiger partial charge in [0.05, 0.1) is 6.21 Å². The molecule has 0 heterocycles. The fourth-order valence-corrected chi connectivity index (χ4v) is 2.09. The smallest absolute Gasteiger partial charge is 0.262 e. The van der Waals surface area contributed by atoms with Gasteiger partial charge < -0.3 is 15.4 Å². The fraction of sp³-hybridized carbons (Fsp3) is 0.167. The Labute approximate surface area is 156 Å². The standard InChI is InChI=1S/C18H19FN4O2S/c1-2-20-18(26)23-21-11-13-3-9-16(10-4-13)25-12-17(24)22-15-7-5-14(19)6-8-15/h3-11H,2,12H2,1H3,(H,22,24)(H2,20,23,26). The lowest BCUT2D eigenvalue weighted by molar-refractivity contribution is -0.118. The number of hydrogen-bond acceptors (Lipinski definition) is 4. The van der Waals surface area contributed by atoms with E-state index in [0.29, 0.717) is 16.5 Å². The summed E-state index contributed by atoms with van der Waals surface area (Å²) >= 11 is 4.99. The summed E-state index contributed by atoms with van der Waals surface area (Å²) in [5, 5.41) is 10.0. The van der Waals surface area contributed by atoms with Gasteiger partial charge in [-0.25, -0.2) is 4.39 Å². The Balaban J connectivity index is 1.77. The zero-order valence-electron chi connectivity index (χ0n) is 14.2. The van der Waals surface area contributed by atoms with Gasteiger partial charge in [-0.05, 0) is 73.2 Å². The Morgan fingerprint density at radius 3 is 2.54 bits per heavy atom. The van der Waals surface area contributed by atoms with E-state index in [1.54, 1.807) is 30.5 Å². The van der Waals surface area contributed by atoms with E-state index < -0.39 is 0 Å². The molecule has 0 fully saturated rings. The van der Waals surface area contributed by atoms with Crippen molar-refractivity contribution in [2.45, 2.75) is 6.92 Å². The molecule has 2 aromatic rings. The molecule has 3 N–H and O–H groups in total. The number of hydrazone groups is 1. The van der Waals surface area contributed by atoms with Crippen LogP contribution in [0.1, 0.15) is 12.5 Å². The lowest BCUT2D eigenvalue weighted by Crippen LogP contribution is -2.31. The maximum atomic E-state index is 12.8. The molecule has 8 heteroatoms. The molecule has 0 spiro atoms. The molecule has 0 aromatic heterocycles. The van der Waals surface area contributed by atoms with Gasteiger partial charge in [0.15, 0.2) is 11.7 Å². The van der Waals surface area contributed by atoms with Crippen molar-refractivity contribution >= 4 is 35.1 Å². The first-order valence-electron chi connectivity index (χ1n) is 7.92. The zero-order valence-corrected chi connectivity index (χ0v) is 15.0. The average Bonchev–Trinajstić information content (AvgIpc) is 2.63. The van der Waals surface area contributed by atoms with Gasteiger partial charge in [0, 0.05) is 12.2 Å². The Morgan fingerprint density at radius 2 is 1.88 bits per heavy atom. The predicted molar refractivity (Wildman–Crippen MR) is 104 cm³/mol. The van der Waals surface area contributed by atoms with Crippen molar-refractivity contribution in [3.63, 3.8) is 0 Å². The molecule has 0 aliphatic carbocycles. The van der Waals surface area contributed by atoms with Crippen molar-refractivity contribution in [1.29, 1.82) is 0 Å². The number of rotatable bonds is 7. The van der Waals surface area contributed by atoms with Crippen molar-refractivity contribution in [3.05, 3.63) is 59.9 Å². The van der Waals surface area contributed by atoms with Gasteiger partial charge in [-0.15, -0.1) is 0 Å². The van der Waals surface area contributed by atoms with Gasteiger partial charge >= 0.3 is 0 Å². The van der Waals surface area contributed by atoms with Crippen molar-refractivity contribution in [2.75, 3.05) is 18.5 Å². The molecular formula is C18H19FN4O2S. The van der Waals surface area contributed by atoms with Crippen LogP contribution in [0, 0.1) is 5.82 Å². The van der Waals surface area contributed by atoms with E-state index in [1.807, 2.05) is 6.92 Å². The van der Waals surface area contributed by atoms with Crippen LogP contribution in [0.5, 0.6) is 5.75 Å². The van der Waals surface area contributed by atoms with E-state index in [-0.39, 0.29) is 18.3 Å². The predicted octanol–water partition coefficient (Wildman–Crippen LogP) is 2.66. The van der Waals surface area contributed by atoms with Gasteiger partial charge in [-0.1, -0.05) is 0 Å². The van der Waals surface area contributed by atoms with Crippen LogP contribution < -0.4 is 20.8 Å². The summed E-state index contributed by atoms with van der Waals surface area (Å²) in [6.07, 6.45) is 1.62. The first-order valence-corrected chi connectivity index (χ1v) is 8.33. The van der Waals surface area contributed by atoms with Crippen LogP contribution in [-0.4, -0.2) is 30.4 Å². The lowest BCUT2D eigenvalue weighted by atomic mass is 10.2. The topological polar surface area (TPSA) is 74.8 Å². The van der Waals surface area contributed by atoms with E-state index in [9.17, 15) is 9.18 Å². The van der Waals surface area contributed by atoms with Crippen LogP contribution in [-0.2, 0) is 4.79 Å². The quantitative estimate of drug-likeness (QED) is 0.395. The largest absolute Gasteiger partial charge is 0.484 e.